The van der Waals surface area contributed by atoms with Crippen molar-refractivity contribution in [3.8, 4) is 0 Å². The van der Waals surface area contributed by atoms with E-state index in [4.69, 9.17) is 10.6 Å². The van der Waals surface area contributed by atoms with Crippen LogP contribution < -0.4 is 11.3 Å². The number of amides is 1. The minimum atomic E-state index is -0.441. The van der Waals surface area contributed by atoms with Gasteiger partial charge in [-0.2, -0.15) is 0 Å². The minimum Gasteiger partial charge on any atom is -0.461 e. The molecule has 0 saturated carbocycles. The van der Waals surface area contributed by atoms with Crippen molar-refractivity contribution >= 4 is 11.9 Å². The maximum Gasteiger partial charge on any atom is 0.306 e. The minimum absolute atomic E-state index is 0.0496. The molecular weight excluding hydrogens is 256 g/mol. The highest BCUT2D eigenvalue weighted by Gasteiger charge is 2.23. The number of benzene rings is 1. The van der Waals surface area contributed by atoms with E-state index in [1.165, 1.54) is 0 Å². The molecule has 0 aliphatic rings. The second-order valence-corrected chi connectivity index (χ2v) is 5.19. The molecule has 3 N–H and O–H groups in total. The number of hydrazine groups is 1. The Morgan fingerprint density at radius 1 is 1.25 bits per heavy atom. The highest BCUT2D eigenvalue weighted by molar-refractivity contribution is 5.83. The lowest BCUT2D eigenvalue weighted by Crippen LogP contribution is -2.37. The molecule has 5 heteroatoms. The molecular formula is C15H22N2O3. The van der Waals surface area contributed by atoms with Crippen LogP contribution in [0.1, 0.15) is 32.3 Å². The van der Waals surface area contributed by atoms with Crippen LogP contribution >= 0.6 is 0 Å². The lowest BCUT2D eigenvalue weighted by Gasteiger charge is -2.16. The maximum absolute atomic E-state index is 11.8. The van der Waals surface area contributed by atoms with E-state index in [-0.39, 0.29) is 24.9 Å². The summed E-state index contributed by atoms with van der Waals surface area (Å²) in [5.74, 6) is 4.29. The van der Waals surface area contributed by atoms with Gasteiger partial charge >= 0.3 is 5.97 Å². The van der Waals surface area contributed by atoms with Crippen molar-refractivity contribution in [1.29, 1.82) is 0 Å². The maximum atomic E-state index is 11.8. The van der Waals surface area contributed by atoms with Gasteiger partial charge in [-0.1, -0.05) is 44.2 Å². The van der Waals surface area contributed by atoms with Crippen molar-refractivity contribution in [3.63, 3.8) is 0 Å². The largest absolute Gasteiger partial charge is 0.461 e. The molecule has 0 unspecified atom stereocenters. The SMILES string of the molecule is CC(C)C[C@H](CC(=O)OCc1ccccc1)C(=O)NN. The fourth-order valence-corrected chi connectivity index (χ4v) is 1.97. The van der Waals surface area contributed by atoms with Gasteiger partial charge in [0, 0.05) is 5.92 Å². The van der Waals surface area contributed by atoms with Crippen LogP contribution in [0.25, 0.3) is 0 Å². The molecule has 0 saturated heterocycles. The Hall–Kier alpha value is -1.88. The van der Waals surface area contributed by atoms with Crippen LogP contribution in [0.5, 0.6) is 0 Å². The Morgan fingerprint density at radius 2 is 1.90 bits per heavy atom. The van der Waals surface area contributed by atoms with Gasteiger partial charge in [-0.3, -0.25) is 15.0 Å². The number of hydrogen-bond donors (Lipinski definition) is 2. The topological polar surface area (TPSA) is 81.4 Å². The number of nitrogens with two attached hydrogens (primary N) is 1. The monoisotopic (exact) mass is 278 g/mol. The highest BCUT2D eigenvalue weighted by atomic mass is 16.5. The molecule has 0 fully saturated rings. The molecule has 0 heterocycles. The molecule has 20 heavy (non-hydrogen) atoms. The summed E-state index contributed by atoms with van der Waals surface area (Å²) in [5.41, 5.74) is 3.02. The molecule has 0 aliphatic carbocycles. The van der Waals surface area contributed by atoms with Gasteiger partial charge in [0.25, 0.3) is 0 Å². The average molecular weight is 278 g/mol. The van der Waals surface area contributed by atoms with Gasteiger partial charge in [0.05, 0.1) is 6.42 Å². The zero-order valence-corrected chi connectivity index (χ0v) is 12.0. The van der Waals surface area contributed by atoms with Crippen molar-refractivity contribution in [2.24, 2.45) is 17.7 Å². The average Bonchev–Trinajstić information content (AvgIpc) is 2.44. The second kappa shape index (κ2) is 8.32. The fourth-order valence-electron chi connectivity index (χ4n) is 1.97. The molecule has 110 valence electrons. The third-order valence-corrected chi connectivity index (χ3v) is 2.92. The Morgan fingerprint density at radius 3 is 2.45 bits per heavy atom. The zero-order chi connectivity index (χ0) is 15.0. The molecule has 0 aromatic heterocycles. The third kappa shape index (κ3) is 5.84. The van der Waals surface area contributed by atoms with Crippen molar-refractivity contribution in [3.05, 3.63) is 35.9 Å². The number of ether oxygens (including phenoxy) is 1. The van der Waals surface area contributed by atoms with Crippen molar-refractivity contribution in [2.45, 2.75) is 33.3 Å². The first kappa shape index (κ1) is 16.2. The van der Waals surface area contributed by atoms with E-state index in [1.807, 2.05) is 44.2 Å². The van der Waals surface area contributed by atoms with E-state index in [2.05, 4.69) is 5.43 Å². The number of carbonyl (C=O) groups is 2. The second-order valence-electron chi connectivity index (χ2n) is 5.19. The van der Waals surface area contributed by atoms with Crippen LogP contribution in [-0.2, 0) is 20.9 Å². The van der Waals surface area contributed by atoms with E-state index in [1.54, 1.807) is 0 Å². The summed E-state index contributed by atoms with van der Waals surface area (Å²) in [6, 6.07) is 9.42. The number of hydrogen-bond acceptors (Lipinski definition) is 4. The van der Waals surface area contributed by atoms with E-state index in [9.17, 15) is 9.59 Å². The zero-order valence-electron chi connectivity index (χ0n) is 12.0. The van der Waals surface area contributed by atoms with Crippen LogP contribution in [0.2, 0.25) is 0 Å². The van der Waals surface area contributed by atoms with Crippen LogP contribution in [-0.4, -0.2) is 11.9 Å². The first-order valence-corrected chi connectivity index (χ1v) is 6.73. The normalized spacial score (nSPS) is 12.0. The molecule has 0 radical (unpaired) electrons. The molecule has 1 aromatic carbocycles. The van der Waals surface area contributed by atoms with Gasteiger partial charge in [-0.15, -0.1) is 0 Å². The van der Waals surface area contributed by atoms with Crippen LogP contribution in [0, 0.1) is 11.8 Å². The molecule has 1 atom stereocenters. The van der Waals surface area contributed by atoms with Gasteiger partial charge in [0.2, 0.25) is 5.91 Å². The lowest BCUT2D eigenvalue weighted by molar-refractivity contribution is -0.148. The van der Waals surface area contributed by atoms with E-state index in [0.29, 0.717) is 12.3 Å². The van der Waals surface area contributed by atoms with Crippen LogP contribution in [0.3, 0.4) is 0 Å². The number of esters is 1. The van der Waals surface area contributed by atoms with Crippen LogP contribution in [0.15, 0.2) is 30.3 Å². The predicted molar refractivity (Wildman–Crippen MR) is 76.1 cm³/mol. The number of rotatable bonds is 7. The first-order valence-electron chi connectivity index (χ1n) is 6.73. The summed E-state index contributed by atoms with van der Waals surface area (Å²) >= 11 is 0. The Labute approximate surface area is 119 Å². The molecule has 0 bridgehead atoms. The molecule has 5 nitrogen and oxygen atoms in total. The van der Waals surface area contributed by atoms with Crippen molar-refractivity contribution < 1.29 is 14.3 Å². The van der Waals surface area contributed by atoms with Gasteiger partial charge in [0.1, 0.15) is 6.61 Å². The van der Waals surface area contributed by atoms with E-state index < -0.39 is 5.92 Å². The summed E-state index contributed by atoms with van der Waals surface area (Å²) in [6.45, 7) is 4.20. The lowest BCUT2D eigenvalue weighted by atomic mass is 9.93. The Kier molecular flexibility index (Phi) is 6.73. The Bertz CT molecular complexity index is 432. The number of carbonyl (C=O) groups excluding carboxylic acids is 2. The third-order valence-electron chi connectivity index (χ3n) is 2.92. The molecule has 0 spiro atoms. The first-order chi connectivity index (χ1) is 9.52. The summed E-state index contributed by atoms with van der Waals surface area (Å²) in [5, 5.41) is 0. The van der Waals surface area contributed by atoms with E-state index >= 15 is 0 Å². The fraction of sp³-hybridized carbons (Fsp3) is 0.467. The number of nitrogens with one attached hydrogen (secondary N) is 1. The summed E-state index contributed by atoms with van der Waals surface area (Å²) in [4.78, 5) is 23.4. The quantitative estimate of drug-likeness (QED) is 0.345. The molecule has 1 rings (SSSR count). The highest BCUT2D eigenvalue weighted by Crippen LogP contribution is 2.16. The molecule has 1 amide bonds. The standard InChI is InChI=1S/C15H22N2O3/c1-11(2)8-13(15(19)17-16)9-14(18)20-10-12-6-4-3-5-7-12/h3-7,11,13H,8-10,16H2,1-2H3,(H,17,19)/t13-/m1/s1. The van der Waals surface area contributed by atoms with Gasteiger partial charge in [-0.05, 0) is 17.9 Å². The van der Waals surface area contributed by atoms with Crippen molar-refractivity contribution in [1.82, 2.24) is 5.43 Å². The molecule has 0 aliphatic heterocycles. The van der Waals surface area contributed by atoms with Crippen molar-refractivity contribution in [2.75, 3.05) is 0 Å². The summed E-state index contributed by atoms with van der Waals surface area (Å²) in [7, 11) is 0. The Balaban J connectivity index is 2.47. The summed E-state index contributed by atoms with van der Waals surface area (Å²) in [6.07, 6.45) is 0.650. The van der Waals surface area contributed by atoms with E-state index in [0.717, 1.165) is 5.56 Å². The van der Waals surface area contributed by atoms with Gasteiger partial charge in [0.15, 0.2) is 0 Å². The smallest absolute Gasteiger partial charge is 0.306 e. The molecule has 1 aromatic rings. The van der Waals surface area contributed by atoms with Gasteiger partial charge < -0.3 is 4.74 Å². The van der Waals surface area contributed by atoms with Crippen LogP contribution in [0.4, 0.5) is 0 Å². The van der Waals surface area contributed by atoms with Gasteiger partial charge in [-0.25, -0.2) is 5.84 Å². The summed E-state index contributed by atoms with van der Waals surface area (Å²) < 4.78 is 5.18. The predicted octanol–water partition coefficient (Wildman–Crippen LogP) is 1.77.